The molecule has 0 spiro atoms. The Morgan fingerprint density at radius 1 is 1.29 bits per heavy atom. The zero-order chi connectivity index (χ0) is 15.4. The molecule has 3 nitrogen and oxygen atoms in total. The first-order chi connectivity index (χ1) is 10.0. The molecule has 1 N–H and O–H groups in total. The van der Waals surface area contributed by atoms with Crippen molar-refractivity contribution in [3.05, 3.63) is 59.2 Å². The number of aliphatic hydroxyl groups is 1. The van der Waals surface area contributed by atoms with Gasteiger partial charge in [0.15, 0.2) is 0 Å². The molecule has 112 valence electrons. The predicted octanol–water partition coefficient (Wildman–Crippen LogP) is 3.61. The van der Waals surface area contributed by atoms with Crippen molar-refractivity contribution >= 4 is 5.69 Å². The summed E-state index contributed by atoms with van der Waals surface area (Å²) in [5.41, 5.74) is 3.37. The minimum absolute atomic E-state index is 0.334. The molecular weight excluding hydrogens is 267 g/mol. The Bertz CT molecular complexity index is 613. The molecule has 0 fully saturated rings. The SMILES string of the molecule is CCN(Cc1cccc(C)n1)c1ccc(F)cc1C(C)O. The molecule has 21 heavy (non-hydrogen) atoms. The van der Waals surface area contributed by atoms with Crippen LogP contribution in [0.2, 0.25) is 0 Å². The average Bonchev–Trinajstić information content (AvgIpc) is 2.45. The molecule has 1 aromatic carbocycles. The monoisotopic (exact) mass is 288 g/mol. The number of nitrogens with zero attached hydrogens (tertiary/aromatic N) is 2. The highest BCUT2D eigenvalue weighted by Crippen LogP contribution is 2.28. The minimum atomic E-state index is -0.713. The highest BCUT2D eigenvalue weighted by Gasteiger charge is 2.15. The highest BCUT2D eigenvalue weighted by atomic mass is 19.1. The maximum atomic E-state index is 13.4. The van der Waals surface area contributed by atoms with Crippen molar-refractivity contribution < 1.29 is 9.50 Å². The average molecular weight is 288 g/mol. The summed E-state index contributed by atoms with van der Waals surface area (Å²) in [7, 11) is 0. The lowest BCUT2D eigenvalue weighted by Gasteiger charge is -2.26. The number of halogens is 1. The van der Waals surface area contributed by atoms with Crippen molar-refractivity contribution in [3.8, 4) is 0 Å². The Kier molecular flexibility index (Phi) is 4.91. The van der Waals surface area contributed by atoms with Crippen LogP contribution in [0, 0.1) is 12.7 Å². The summed E-state index contributed by atoms with van der Waals surface area (Å²) in [6, 6.07) is 10.4. The molecule has 0 amide bonds. The number of aromatic nitrogens is 1. The van der Waals surface area contributed by atoms with Crippen molar-refractivity contribution in [2.45, 2.75) is 33.4 Å². The van der Waals surface area contributed by atoms with Crippen LogP contribution >= 0.6 is 0 Å². The van der Waals surface area contributed by atoms with Crippen molar-refractivity contribution in [2.24, 2.45) is 0 Å². The standard InChI is InChI=1S/C17H21FN2O/c1-4-20(11-15-7-5-6-12(2)19-15)17-9-8-14(18)10-16(17)13(3)21/h5-10,13,21H,4,11H2,1-3H3. The maximum absolute atomic E-state index is 13.4. The fourth-order valence-corrected chi connectivity index (χ4v) is 2.40. The lowest BCUT2D eigenvalue weighted by molar-refractivity contribution is 0.199. The molecule has 0 saturated carbocycles. The van der Waals surface area contributed by atoms with E-state index in [1.54, 1.807) is 13.0 Å². The Morgan fingerprint density at radius 3 is 2.67 bits per heavy atom. The third kappa shape index (κ3) is 3.79. The third-order valence-corrected chi connectivity index (χ3v) is 3.46. The highest BCUT2D eigenvalue weighted by molar-refractivity contribution is 5.55. The van der Waals surface area contributed by atoms with Crippen molar-refractivity contribution in [2.75, 3.05) is 11.4 Å². The number of hydrogen-bond acceptors (Lipinski definition) is 3. The minimum Gasteiger partial charge on any atom is -0.389 e. The van der Waals surface area contributed by atoms with Gasteiger partial charge >= 0.3 is 0 Å². The Morgan fingerprint density at radius 2 is 2.05 bits per heavy atom. The number of rotatable bonds is 5. The van der Waals surface area contributed by atoms with Gasteiger partial charge in [-0.25, -0.2) is 4.39 Å². The van der Waals surface area contributed by atoms with E-state index in [1.807, 2.05) is 32.0 Å². The number of aliphatic hydroxyl groups excluding tert-OH is 1. The van der Waals surface area contributed by atoms with Crippen LogP contribution in [0.1, 0.15) is 36.9 Å². The van der Waals surface area contributed by atoms with Crippen LogP contribution in [0.4, 0.5) is 10.1 Å². The summed E-state index contributed by atoms with van der Waals surface area (Å²) in [5, 5.41) is 9.87. The summed E-state index contributed by atoms with van der Waals surface area (Å²) in [4.78, 5) is 6.59. The fourth-order valence-electron chi connectivity index (χ4n) is 2.40. The van der Waals surface area contributed by atoms with Gasteiger partial charge in [-0.3, -0.25) is 4.98 Å². The lowest BCUT2D eigenvalue weighted by atomic mass is 10.1. The normalized spacial score (nSPS) is 12.2. The molecule has 4 heteroatoms. The van der Waals surface area contributed by atoms with Crippen LogP contribution in [0.5, 0.6) is 0 Å². The second kappa shape index (κ2) is 6.68. The molecule has 0 aliphatic heterocycles. The van der Waals surface area contributed by atoms with Crippen molar-refractivity contribution in [1.29, 1.82) is 0 Å². The van der Waals surface area contributed by atoms with Gasteiger partial charge in [0.2, 0.25) is 0 Å². The van der Waals surface area contributed by atoms with Gasteiger partial charge in [0.05, 0.1) is 18.3 Å². The van der Waals surface area contributed by atoms with Crippen LogP contribution in [0.15, 0.2) is 36.4 Å². The molecule has 1 unspecified atom stereocenters. The fraction of sp³-hybridized carbons (Fsp3) is 0.353. The molecule has 0 saturated heterocycles. The molecule has 2 aromatic rings. The summed E-state index contributed by atoms with van der Waals surface area (Å²) in [6.07, 6.45) is -0.713. The van der Waals surface area contributed by atoms with Crippen LogP contribution < -0.4 is 4.90 Å². The Balaban J connectivity index is 2.33. The summed E-state index contributed by atoms with van der Waals surface area (Å²) >= 11 is 0. The largest absolute Gasteiger partial charge is 0.389 e. The second-order valence-electron chi connectivity index (χ2n) is 5.16. The van der Waals surface area contributed by atoms with Crippen LogP contribution in [0.25, 0.3) is 0 Å². The first-order valence-electron chi connectivity index (χ1n) is 7.16. The van der Waals surface area contributed by atoms with Gasteiger partial charge < -0.3 is 10.0 Å². The number of anilines is 1. The Labute approximate surface area is 125 Å². The maximum Gasteiger partial charge on any atom is 0.123 e. The van der Waals surface area contributed by atoms with Crippen LogP contribution in [-0.4, -0.2) is 16.6 Å². The van der Waals surface area contributed by atoms with Crippen molar-refractivity contribution in [3.63, 3.8) is 0 Å². The van der Waals surface area contributed by atoms with E-state index in [2.05, 4.69) is 9.88 Å². The van der Waals surface area contributed by atoms with Crippen LogP contribution in [0.3, 0.4) is 0 Å². The van der Waals surface area contributed by atoms with Gasteiger partial charge in [-0.2, -0.15) is 0 Å². The molecular formula is C17H21FN2O. The van der Waals surface area contributed by atoms with Crippen LogP contribution in [-0.2, 0) is 6.54 Å². The molecule has 0 bridgehead atoms. The quantitative estimate of drug-likeness (QED) is 0.913. The topological polar surface area (TPSA) is 36.4 Å². The number of benzene rings is 1. The van der Waals surface area contributed by atoms with Gasteiger partial charge in [0.25, 0.3) is 0 Å². The van der Waals surface area contributed by atoms with E-state index in [1.165, 1.54) is 12.1 Å². The lowest BCUT2D eigenvalue weighted by Crippen LogP contribution is -2.24. The van der Waals surface area contributed by atoms with E-state index >= 15 is 0 Å². The summed E-state index contributed by atoms with van der Waals surface area (Å²) in [5.74, 6) is -0.334. The first kappa shape index (κ1) is 15.4. The molecule has 0 aliphatic rings. The van der Waals surface area contributed by atoms with E-state index < -0.39 is 6.10 Å². The van der Waals surface area contributed by atoms with E-state index in [-0.39, 0.29) is 5.82 Å². The zero-order valence-corrected chi connectivity index (χ0v) is 12.7. The van der Waals surface area contributed by atoms with Gasteiger partial charge in [-0.05, 0) is 51.1 Å². The van der Waals surface area contributed by atoms with Gasteiger partial charge in [0.1, 0.15) is 5.82 Å². The number of pyridine rings is 1. The zero-order valence-electron chi connectivity index (χ0n) is 12.7. The Hall–Kier alpha value is -1.94. The van der Waals surface area contributed by atoms with E-state index in [0.29, 0.717) is 12.1 Å². The third-order valence-electron chi connectivity index (χ3n) is 3.46. The second-order valence-corrected chi connectivity index (χ2v) is 5.16. The predicted molar refractivity (Wildman–Crippen MR) is 82.7 cm³/mol. The van der Waals surface area contributed by atoms with Gasteiger partial charge in [-0.15, -0.1) is 0 Å². The molecule has 0 radical (unpaired) electrons. The van der Waals surface area contributed by atoms with Gasteiger partial charge in [0, 0.05) is 23.5 Å². The molecule has 1 atom stereocenters. The van der Waals surface area contributed by atoms with E-state index in [0.717, 1.165) is 23.6 Å². The smallest absolute Gasteiger partial charge is 0.123 e. The number of aryl methyl sites for hydroxylation is 1. The number of hydrogen-bond donors (Lipinski definition) is 1. The van der Waals surface area contributed by atoms with Gasteiger partial charge in [-0.1, -0.05) is 6.07 Å². The molecule has 0 aliphatic carbocycles. The molecule has 1 aromatic heterocycles. The van der Waals surface area contributed by atoms with Crippen molar-refractivity contribution in [1.82, 2.24) is 4.98 Å². The summed E-state index contributed by atoms with van der Waals surface area (Å²) in [6.45, 7) is 7.02. The molecule has 2 rings (SSSR count). The summed E-state index contributed by atoms with van der Waals surface area (Å²) < 4.78 is 13.4. The first-order valence-corrected chi connectivity index (χ1v) is 7.16. The van der Waals surface area contributed by atoms with E-state index in [4.69, 9.17) is 0 Å². The molecule has 1 heterocycles. The van der Waals surface area contributed by atoms with E-state index in [9.17, 15) is 9.50 Å².